The number of aryl methyl sites for hydroxylation is 1. The summed E-state index contributed by atoms with van der Waals surface area (Å²) in [5, 5.41) is 21.5. The number of anilines is 1. The summed E-state index contributed by atoms with van der Waals surface area (Å²) >= 11 is 0. The van der Waals surface area contributed by atoms with Gasteiger partial charge in [-0.25, -0.2) is 4.98 Å². The zero-order valence-electron chi connectivity index (χ0n) is 21.4. The van der Waals surface area contributed by atoms with Crippen molar-refractivity contribution in [3.05, 3.63) is 78.8 Å². The molecule has 12 heteroatoms. The molecule has 1 aliphatic rings. The van der Waals surface area contributed by atoms with Gasteiger partial charge in [0.05, 0.1) is 35.3 Å². The SMILES string of the molecule is Cc1nn2c(N3CCN(CCO)CC3)cc(-c3ccccc3)nc2c1-c1cccc(S(=O)(=O)n2ccnn2)c1. The van der Waals surface area contributed by atoms with Gasteiger partial charge in [0.15, 0.2) is 5.65 Å². The molecule has 5 aromatic rings. The Bertz CT molecular complexity index is 1710. The van der Waals surface area contributed by atoms with Crippen molar-refractivity contribution >= 4 is 21.5 Å². The number of hydrogen-bond donors (Lipinski definition) is 1. The van der Waals surface area contributed by atoms with Crippen molar-refractivity contribution in [2.75, 3.05) is 44.2 Å². The van der Waals surface area contributed by atoms with Crippen LogP contribution in [0.4, 0.5) is 5.82 Å². The number of fused-ring (bicyclic) bond motifs is 1. The van der Waals surface area contributed by atoms with Crippen molar-refractivity contribution in [2.24, 2.45) is 0 Å². The number of aromatic nitrogens is 6. The Morgan fingerprint density at radius 1 is 0.949 bits per heavy atom. The van der Waals surface area contributed by atoms with Crippen molar-refractivity contribution in [2.45, 2.75) is 11.8 Å². The number of aliphatic hydroxyl groups is 1. The summed E-state index contributed by atoms with van der Waals surface area (Å²) in [6.07, 6.45) is 2.64. The first kappa shape index (κ1) is 25.2. The van der Waals surface area contributed by atoms with Crippen LogP contribution in [0.1, 0.15) is 5.69 Å². The molecule has 0 unspecified atom stereocenters. The van der Waals surface area contributed by atoms with Gasteiger partial charge in [0.25, 0.3) is 10.0 Å². The fraction of sp³-hybridized carbons (Fsp3) is 0.259. The van der Waals surface area contributed by atoms with E-state index in [0.29, 0.717) is 17.8 Å². The van der Waals surface area contributed by atoms with Gasteiger partial charge in [-0.3, -0.25) is 4.90 Å². The summed E-state index contributed by atoms with van der Waals surface area (Å²) in [5.74, 6) is 0.920. The standard InChI is InChI=1S/C27H28N8O3S/c1-20-26(22-8-5-9-23(18-22)39(37,38)34-11-10-28-31-34)27-29-24(21-6-3-2-4-7-21)19-25(35(27)30-20)33-14-12-32(13-15-33)16-17-36/h2-11,18-19,36H,12-17H2,1H3. The van der Waals surface area contributed by atoms with E-state index in [-0.39, 0.29) is 11.5 Å². The Morgan fingerprint density at radius 3 is 2.44 bits per heavy atom. The third-order valence-electron chi connectivity index (χ3n) is 6.99. The Labute approximate surface area is 226 Å². The van der Waals surface area contributed by atoms with Gasteiger partial charge in [0, 0.05) is 49.9 Å². The molecule has 0 spiro atoms. The van der Waals surface area contributed by atoms with E-state index < -0.39 is 10.0 Å². The minimum absolute atomic E-state index is 0.101. The van der Waals surface area contributed by atoms with E-state index in [1.807, 2.05) is 47.8 Å². The van der Waals surface area contributed by atoms with Gasteiger partial charge in [0.2, 0.25) is 0 Å². The summed E-state index contributed by atoms with van der Waals surface area (Å²) < 4.78 is 29.0. The summed E-state index contributed by atoms with van der Waals surface area (Å²) in [5.41, 5.74) is 4.64. The third kappa shape index (κ3) is 4.67. The minimum Gasteiger partial charge on any atom is -0.395 e. The second-order valence-electron chi connectivity index (χ2n) is 9.42. The summed E-state index contributed by atoms with van der Waals surface area (Å²) in [6.45, 7) is 5.95. The number of rotatable bonds is 7. The van der Waals surface area contributed by atoms with Crippen LogP contribution in [0.5, 0.6) is 0 Å². The van der Waals surface area contributed by atoms with E-state index in [1.54, 1.807) is 18.2 Å². The second kappa shape index (κ2) is 10.2. The maximum Gasteiger partial charge on any atom is 0.284 e. The van der Waals surface area contributed by atoms with Crippen LogP contribution in [0.2, 0.25) is 0 Å². The number of aliphatic hydroxyl groups excluding tert-OH is 1. The smallest absolute Gasteiger partial charge is 0.284 e. The Hall–Kier alpha value is -4.13. The fourth-order valence-electron chi connectivity index (χ4n) is 5.02. The largest absolute Gasteiger partial charge is 0.395 e. The number of hydrogen-bond acceptors (Lipinski definition) is 9. The molecule has 11 nitrogen and oxygen atoms in total. The van der Waals surface area contributed by atoms with Gasteiger partial charge >= 0.3 is 0 Å². The topological polar surface area (TPSA) is 122 Å². The molecule has 0 atom stereocenters. The molecule has 3 aromatic heterocycles. The number of β-amino-alcohol motifs (C(OH)–C–C–N with tert-alkyl or cyclic N) is 1. The van der Waals surface area contributed by atoms with Crippen molar-refractivity contribution < 1.29 is 13.5 Å². The highest BCUT2D eigenvalue weighted by Crippen LogP contribution is 2.34. The van der Waals surface area contributed by atoms with Gasteiger partial charge in [-0.2, -0.15) is 18.0 Å². The van der Waals surface area contributed by atoms with E-state index in [1.165, 1.54) is 12.4 Å². The lowest BCUT2D eigenvalue weighted by atomic mass is 10.1. The van der Waals surface area contributed by atoms with Gasteiger partial charge in [-0.05, 0) is 24.6 Å². The predicted octanol–water partition coefficient (Wildman–Crippen LogP) is 2.31. The lowest BCUT2D eigenvalue weighted by molar-refractivity contribution is 0.188. The summed E-state index contributed by atoms with van der Waals surface area (Å²) in [4.78, 5) is 9.67. The first-order valence-corrected chi connectivity index (χ1v) is 14.2. The predicted molar refractivity (Wildman–Crippen MR) is 147 cm³/mol. The van der Waals surface area contributed by atoms with E-state index in [4.69, 9.17) is 10.1 Å². The first-order valence-electron chi connectivity index (χ1n) is 12.7. The molecular weight excluding hydrogens is 516 g/mol. The lowest BCUT2D eigenvalue weighted by Gasteiger charge is -2.35. The maximum absolute atomic E-state index is 13.1. The monoisotopic (exact) mass is 544 g/mol. The van der Waals surface area contributed by atoms with Gasteiger partial charge in [-0.1, -0.05) is 47.7 Å². The average molecular weight is 545 g/mol. The Morgan fingerprint density at radius 2 is 1.72 bits per heavy atom. The molecule has 39 heavy (non-hydrogen) atoms. The van der Waals surface area contributed by atoms with E-state index in [2.05, 4.69) is 26.2 Å². The van der Waals surface area contributed by atoms with Crippen LogP contribution >= 0.6 is 0 Å². The van der Waals surface area contributed by atoms with Crippen molar-refractivity contribution in [3.63, 3.8) is 0 Å². The normalized spacial score (nSPS) is 14.8. The lowest BCUT2D eigenvalue weighted by Crippen LogP contribution is -2.47. The molecule has 1 saturated heterocycles. The van der Waals surface area contributed by atoms with Gasteiger partial charge in [0.1, 0.15) is 5.82 Å². The van der Waals surface area contributed by atoms with Crippen molar-refractivity contribution in [1.29, 1.82) is 0 Å². The van der Waals surface area contributed by atoms with Crippen LogP contribution in [0, 0.1) is 6.92 Å². The van der Waals surface area contributed by atoms with Crippen LogP contribution < -0.4 is 4.90 Å². The molecule has 0 saturated carbocycles. The molecule has 200 valence electrons. The quantitative estimate of drug-likeness (QED) is 0.329. The molecule has 0 aliphatic carbocycles. The maximum atomic E-state index is 13.1. The van der Waals surface area contributed by atoms with Gasteiger partial charge < -0.3 is 10.0 Å². The van der Waals surface area contributed by atoms with E-state index >= 15 is 0 Å². The Balaban J connectivity index is 1.50. The highest BCUT2D eigenvalue weighted by atomic mass is 32.2. The number of nitrogens with zero attached hydrogens (tertiary/aromatic N) is 8. The molecule has 1 aliphatic heterocycles. The number of benzene rings is 2. The van der Waals surface area contributed by atoms with E-state index in [0.717, 1.165) is 58.6 Å². The van der Waals surface area contributed by atoms with E-state index in [9.17, 15) is 13.5 Å². The van der Waals surface area contributed by atoms with Gasteiger partial charge in [-0.15, -0.1) is 9.19 Å². The van der Waals surface area contributed by atoms with Crippen LogP contribution in [-0.4, -0.2) is 86.8 Å². The molecule has 0 bridgehead atoms. The Kier molecular flexibility index (Phi) is 6.59. The zero-order chi connectivity index (χ0) is 27.0. The highest BCUT2D eigenvalue weighted by Gasteiger charge is 2.25. The molecule has 0 radical (unpaired) electrons. The van der Waals surface area contributed by atoms with Crippen molar-refractivity contribution in [3.8, 4) is 22.4 Å². The van der Waals surface area contributed by atoms with Crippen molar-refractivity contribution in [1.82, 2.24) is 33.9 Å². The molecule has 6 rings (SSSR count). The van der Waals surface area contributed by atoms with Crippen LogP contribution in [0.25, 0.3) is 28.0 Å². The molecular formula is C27H28N8O3S. The first-order chi connectivity index (χ1) is 19.0. The summed E-state index contributed by atoms with van der Waals surface area (Å²) in [7, 11) is -3.90. The average Bonchev–Trinajstić information content (AvgIpc) is 3.62. The molecule has 4 heterocycles. The summed E-state index contributed by atoms with van der Waals surface area (Å²) in [6, 6.07) is 18.8. The zero-order valence-corrected chi connectivity index (χ0v) is 22.2. The van der Waals surface area contributed by atoms with Crippen LogP contribution in [0.3, 0.4) is 0 Å². The molecule has 2 aromatic carbocycles. The molecule has 1 N–H and O–H groups in total. The highest BCUT2D eigenvalue weighted by molar-refractivity contribution is 7.89. The number of piperazine rings is 1. The molecule has 1 fully saturated rings. The fourth-order valence-corrected chi connectivity index (χ4v) is 6.11. The third-order valence-corrected chi connectivity index (χ3v) is 8.53. The molecule has 0 amide bonds. The van der Waals surface area contributed by atoms with Crippen LogP contribution in [0.15, 0.2) is 78.0 Å². The minimum atomic E-state index is -3.90. The second-order valence-corrected chi connectivity index (χ2v) is 11.2. The van der Waals surface area contributed by atoms with Crippen LogP contribution in [-0.2, 0) is 10.0 Å².